The SMILES string of the molecule is CCCO.CCCO.CCOC(=O)CC(C)=O.CCOC(=O)CC(C)=O.[Ti]. The maximum Gasteiger partial charge on any atom is 0.313 e. The molecule has 0 aliphatic heterocycles. The minimum atomic E-state index is -0.440. The van der Waals surface area contributed by atoms with E-state index >= 15 is 0 Å². The Morgan fingerprint density at radius 3 is 1.00 bits per heavy atom. The Labute approximate surface area is 177 Å². The molecule has 0 saturated heterocycles. The molecule has 160 valence electrons. The molecule has 0 unspecified atom stereocenters. The number of aliphatic hydroxyl groups excluding tert-OH is 2. The summed E-state index contributed by atoms with van der Waals surface area (Å²) in [6, 6.07) is 0. The Bertz CT molecular complexity index is 321. The molecule has 0 aromatic rings. The third kappa shape index (κ3) is 58.8. The van der Waals surface area contributed by atoms with Gasteiger partial charge in [-0.3, -0.25) is 19.2 Å². The van der Waals surface area contributed by atoms with Gasteiger partial charge in [-0.2, -0.15) is 0 Å². The molecule has 0 fully saturated rings. The van der Waals surface area contributed by atoms with Crippen molar-refractivity contribution in [2.75, 3.05) is 26.4 Å². The van der Waals surface area contributed by atoms with Crippen LogP contribution in [-0.4, -0.2) is 60.1 Å². The third-order valence-electron chi connectivity index (χ3n) is 1.84. The summed E-state index contributed by atoms with van der Waals surface area (Å²) >= 11 is 0. The molecule has 2 N–H and O–H groups in total. The number of rotatable bonds is 8. The number of hydrogen-bond donors (Lipinski definition) is 2. The van der Waals surface area contributed by atoms with Gasteiger partial charge in [0.2, 0.25) is 0 Å². The van der Waals surface area contributed by atoms with Crippen LogP contribution in [0.1, 0.15) is 67.2 Å². The van der Waals surface area contributed by atoms with E-state index in [1.807, 2.05) is 13.8 Å². The van der Waals surface area contributed by atoms with Crippen LogP contribution in [0.5, 0.6) is 0 Å². The Balaban J connectivity index is -0.0000000843. The molecule has 0 radical (unpaired) electrons. The van der Waals surface area contributed by atoms with Gasteiger partial charge in [-0.25, -0.2) is 0 Å². The standard InChI is InChI=1S/2C6H10O3.2C3H8O.Ti/c2*1-3-9-6(8)4-5(2)7;2*1-2-3-4;/h2*3-4H2,1-2H3;2*4H,2-3H2,1H3;. The van der Waals surface area contributed by atoms with E-state index in [1.54, 1.807) is 13.8 Å². The molecule has 0 rings (SSSR count). The summed E-state index contributed by atoms with van der Waals surface area (Å²) in [6.45, 7) is 11.3. The van der Waals surface area contributed by atoms with Gasteiger partial charge in [0.25, 0.3) is 0 Å². The Kier molecular flexibility index (Phi) is 44.4. The van der Waals surface area contributed by atoms with Gasteiger partial charge in [0.1, 0.15) is 24.4 Å². The summed E-state index contributed by atoms with van der Waals surface area (Å²) < 4.78 is 8.99. The molecule has 0 bridgehead atoms. The van der Waals surface area contributed by atoms with E-state index in [9.17, 15) is 19.2 Å². The average molecular weight is 428 g/mol. The van der Waals surface area contributed by atoms with Crippen molar-refractivity contribution in [3.05, 3.63) is 0 Å². The number of aliphatic hydroxyl groups is 2. The van der Waals surface area contributed by atoms with Crippen LogP contribution in [0, 0.1) is 0 Å². The molecule has 0 heterocycles. The molecular weight excluding hydrogens is 392 g/mol. The van der Waals surface area contributed by atoms with Crippen LogP contribution in [0.3, 0.4) is 0 Å². The van der Waals surface area contributed by atoms with Crippen LogP contribution in [-0.2, 0) is 50.4 Å². The fraction of sp³-hybridized carbons (Fsp3) is 0.778. The van der Waals surface area contributed by atoms with E-state index in [0.29, 0.717) is 26.4 Å². The molecule has 0 aromatic heterocycles. The largest absolute Gasteiger partial charge is 0.466 e. The molecule has 27 heavy (non-hydrogen) atoms. The number of ketones is 2. The van der Waals surface area contributed by atoms with Gasteiger partial charge in [0, 0.05) is 34.9 Å². The van der Waals surface area contributed by atoms with Crippen molar-refractivity contribution in [1.82, 2.24) is 0 Å². The molecule has 0 spiro atoms. The molecule has 0 aliphatic rings. The van der Waals surface area contributed by atoms with Gasteiger partial charge in [-0.15, -0.1) is 0 Å². The number of Topliss-reactive ketones (excluding diaryl/α,β-unsaturated/α-hetero) is 2. The van der Waals surface area contributed by atoms with Crippen LogP contribution in [0.2, 0.25) is 0 Å². The molecule has 9 heteroatoms. The zero-order valence-electron chi connectivity index (χ0n) is 17.5. The number of esters is 2. The summed E-state index contributed by atoms with van der Waals surface area (Å²) in [4.78, 5) is 41.3. The van der Waals surface area contributed by atoms with Crippen LogP contribution in [0.25, 0.3) is 0 Å². The Morgan fingerprint density at radius 1 is 0.667 bits per heavy atom. The van der Waals surface area contributed by atoms with Crippen LogP contribution in [0.15, 0.2) is 0 Å². The fourth-order valence-electron chi connectivity index (χ4n) is 0.831. The second-order valence-electron chi connectivity index (χ2n) is 4.81. The zero-order valence-corrected chi connectivity index (χ0v) is 19.1. The topological polar surface area (TPSA) is 127 Å². The van der Waals surface area contributed by atoms with Crippen molar-refractivity contribution in [1.29, 1.82) is 0 Å². The number of carbonyl (C=O) groups is 4. The first kappa shape index (κ1) is 36.8. The number of carbonyl (C=O) groups excluding carboxylic acids is 4. The van der Waals surface area contributed by atoms with Crippen molar-refractivity contribution in [2.45, 2.75) is 67.2 Å². The first-order valence-electron chi connectivity index (χ1n) is 8.68. The van der Waals surface area contributed by atoms with E-state index < -0.39 is 11.9 Å². The van der Waals surface area contributed by atoms with Crippen molar-refractivity contribution >= 4 is 23.5 Å². The van der Waals surface area contributed by atoms with E-state index in [4.69, 9.17) is 10.2 Å². The van der Waals surface area contributed by atoms with E-state index in [0.717, 1.165) is 12.8 Å². The van der Waals surface area contributed by atoms with Gasteiger partial charge in [0.15, 0.2) is 0 Å². The molecule has 0 atom stereocenters. The molecule has 8 nitrogen and oxygen atoms in total. The molecule has 0 aliphatic carbocycles. The monoisotopic (exact) mass is 428 g/mol. The first-order chi connectivity index (χ1) is 12.2. The average Bonchev–Trinajstić information content (AvgIpc) is 2.55. The minimum Gasteiger partial charge on any atom is -0.466 e. The maximum atomic E-state index is 10.4. The predicted molar refractivity (Wildman–Crippen MR) is 98.6 cm³/mol. The van der Waals surface area contributed by atoms with Gasteiger partial charge < -0.3 is 19.7 Å². The van der Waals surface area contributed by atoms with E-state index in [1.165, 1.54) is 13.8 Å². The molecular formula is C18H36O8Ti. The van der Waals surface area contributed by atoms with E-state index in [-0.39, 0.29) is 46.1 Å². The second kappa shape index (κ2) is 32.6. The van der Waals surface area contributed by atoms with Crippen molar-refractivity contribution in [2.24, 2.45) is 0 Å². The van der Waals surface area contributed by atoms with Gasteiger partial charge in [0.05, 0.1) is 13.2 Å². The number of ether oxygens (including phenoxy) is 2. The van der Waals surface area contributed by atoms with Crippen molar-refractivity contribution in [3.63, 3.8) is 0 Å². The summed E-state index contributed by atoms with van der Waals surface area (Å²) in [7, 11) is 0. The van der Waals surface area contributed by atoms with Crippen molar-refractivity contribution < 1.29 is 60.6 Å². The van der Waals surface area contributed by atoms with Crippen molar-refractivity contribution in [3.8, 4) is 0 Å². The maximum absolute atomic E-state index is 10.4. The summed E-state index contributed by atoms with van der Waals surface area (Å²) in [5, 5.41) is 15.8. The van der Waals surface area contributed by atoms with E-state index in [2.05, 4.69) is 9.47 Å². The Morgan fingerprint density at radius 2 is 0.889 bits per heavy atom. The van der Waals surface area contributed by atoms with Crippen LogP contribution < -0.4 is 0 Å². The van der Waals surface area contributed by atoms with Gasteiger partial charge in [-0.05, 0) is 40.5 Å². The van der Waals surface area contributed by atoms with Crippen LogP contribution in [0.4, 0.5) is 0 Å². The quantitative estimate of drug-likeness (QED) is 0.341. The van der Waals surface area contributed by atoms with Gasteiger partial charge >= 0.3 is 11.9 Å². The van der Waals surface area contributed by atoms with Gasteiger partial charge in [-0.1, -0.05) is 13.8 Å². The fourth-order valence-corrected chi connectivity index (χ4v) is 0.831. The second-order valence-corrected chi connectivity index (χ2v) is 4.81. The summed E-state index contributed by atoms with van der Waals surface area (Å²) in [5.74, 6) is -1.20. The molecule has 0 amide bonds. The smallest absolute Gasteiger partial charge is 0.313 e. The zero-order chi connectivity index (χ0) is 21.4. The predicted octanol–water partition coefficient (Wildman–Crippen LogP) is 1.83. The normalized spacial score (nSPS) is 8.00. The minimum absolute atomic E-state index is 0. The summed E-state index contributed by atoms with van der Waals surface area (Å²) in [6.07, 6.45) is 1.54. The number of hydrogen-bond acceptors (Lipinski definition) is 8. The molecule has 0 saturated carbocycles. The first-order valence-corrected chi connectivity index (χ1v) is 8.68. The van der Waals surface area contributed by atoms with Crippen LogP contribution >= 0.6 is 0 Å². The molecule has 0 aromatic carbocycles. The summed E-state index contributed by atoms with van der Waals surface area (Å²) in [5.41, 5.74) is 0. The Hall–Kier alpha value is -1.09. The third-order valence-corrected chi connectivity index (χ3v) is 1.84.